The van der Waals surface area contributed by atoms with E-state index in [1.54, 1.807) is 0 Å². The highest BCUT2D eigenvalue weighted by Gasteiger charge is 2.05. The van der Waals surface area contributed by atoms with Gasteiger partial charge in [0.2, 0.25) is 0 Å². The quantitative estimate of drug-likeness (QED) is 0.307. The van der Waals surface area contributed by atoms with E-state index < -0.39 is 0 Å². The van der Waals surface area contributed by atoms with Gasteiger partial charge in [-0.05, 0) is 24.9 Å². The Morgan fingerprint density at radius 3 is 1.44 bits per heavy atom. The van der Waals surface area contributed by atoms with E-state index in [2.05, 4.69) is 0 Å². The highest BCUT2D eigenvalue weighted by molar-refractivity contribution is 6.44. The Morgan fingerprint density at radius 2 is 1.12 bits per heavy atom. The van der Waals surface area contributed by atoms with E-state index in [9.17, 15) is 0 Å². The predicted octanol–water partition coefficient (Wildman–Crippen LogP) is 3.47. The Morgan fingerprint density at radius 1 is 0.750 bits per heavy atom. The zero-order chi connectivity index (χ0) is 12.2. The molecule has 0 radical (unpaired) electrons. The number of alkyl halides is 4. The van der Waals surface area contributed by atoms with Gasteiger partial charge in [-0.15, -0.1) is 46.4 Å². The molecule has 0 aliphatic carbocycles. The second kappa shape index (κ2) is 13.0. The first-order chi connectivity index (χ1) is 7.70. The van der Waals surface area contributed by atoms with E-state index in [1.165, 1.54) is 24.2 Å². The van der Waals surface area contributed by atoms with Crippen molar-refractivity contribution >= 4 is 65.4 Å². The number of hydrogen-bond donors (Lipinski definition) is 0. The topological polar surface area (TPSA) is 0 Å². The summed E-state index contributed by atoms with van der Waals surface area (Å²) < 4.78 is 0. The van der Waals surface area contributed by atoms with Crippen LogP contribution in [0, 0.1) is 0 Å². The van der Waals surface area contributed by atoms with Crippen LogP contribution in [0.3, 0.4) is 0 Å². The fraction of sp³-hybridized carbons (Fsp3) is 1.00. The molecule has 0 spiro atoms. The molecule has 0 saturated heterocycles. The van der Waals surface area contributed by atoms with Crippen LogP contribution in [0.5, 0.6) is 0 Å². The second-order valence-corrected chi connectivity index (χ2v) is 10.1. The lowest BCUT2D eigenvalue weighted by Crippen LogP contribution is -2.07. The van der Waals surface area contributed by atoms with Crippen molar-refractivity contribution in [3.63, 3.8) is 0 Å². The molecule has 0 nitrogen and oxygen atoms in total. The SMILES string of the molecule is ClCCC(Cl)C[SiH2]CC[SiH2]CC(Cl)CCCl. The molecule has 6 heteroatoms. The van der Waals surface area contributed by atoms with Crippen molar-refractivity contribution in [2.45, 2.75) is 47.8 Å². The van der Waals surface area contributed by atoms with Gasteiger partial charge in [0.25, 0.3) is 0 Å². The maximum atomic E-state index is 6.11. The molecule has 0 aromatic carbocycles. The van der Waals surface area contributed by atoms with Gasteiger partial charge >= 0.3 is 0 Å². The van der Waals surface area contributed by atoms with Crippen LogP contribution in [0.2, 0.25) is 24.2 Å². The zero-order valence-corrected chi connectivity index (χ0v) is 15.6. The third kappa shape index (κ3) is 12.1. The van der Waals surface area contributed by atoms with Crippen LogP contribution >= 0.6 is 46.4 Å². The lowest BCUT2D eigenvalue weighted by atomic mass is 10.4. The Hall–Kier alpha value is 1.59. The molecule has 0 bridgehead atoms. The van der Waals surface area contributed by atoms with Crippen LogP contribution in [0.4, 0.5) is 0 Å². The summed E-state index contributed by atoms with van der Waals surface area (Å²) >= 11 is 23.5. The third-order valence-electron chi connectivity index (χ3n) is 2.63. The van der Waals surface area contributed by atoms with Gasteiger partial charge in [-0.1, -0.05) is 12.1 Å². The summed E-state index contributed by atoms with van der Waals surface area (Å²) in [7, 11) is 0.124. The average Bonchev–Trinajstić information content (AvgIpc) is 2.24. The van der Waals surface area contributed by atoms with Gasteiger partial charge in [-0.2, -0.15) is 0 Å². The highest BCUT2D eigenvalue weighted by atomic mass is 35.5. The van der Waals surface area contributed by atoms with E-state index in [0.717, 1.165) is 12.8 Å². The van der Waals surface area contributed by atoms with Crippen molar-refractivity contribution in [1.82, 2.24) is 0 Å². The van der Waals surface area contributed by atoms with Gasteiger partial charge in [0.05, 0.1) is 0 Å². The molecular weight excluding hydrogens is 318 g/mol. The standard InChI is InChI=1S/C10H22Cl4Si2/c11-3-1-9(13)7-15-5-6-16-8-10(14)2-4-12/h9-10H,1-8,15-16H2. The number of halogens is 4. The first-order valence-corrected chi connectivity index (χ1v) is 12.0. The van der Waals surface area contributed by atoms with Gasteiger partial charge in [-0.25, -0.2) is 0 Å². The Labute approximate surface area is 124 Å². The molecule has 0 aliphatic heterocycles. The smallest absolute Gasteiger partial charge is 0.0318 e. The van der Waals surface area contributed by atoms with E-state index in [1.807, 2.05) is 0 Å². The van der Waals surface area contributed by atoms with Crippen LogP contribution in [-0.2, 0) is 0 Å². The maximum absolute atomic E-state index is 6.11. The van der Waals surface area contributed by atoms with Gasteiger partial charge in [-0.3, -0.25) is 0 Å². The molecule has 0 rings (SSSR count). The molecule has 0 fully saturated rings. The van der Waals surface area contributed by atoms with Crippen LogP contribution < -0.4 is 0 Å². The summed E-state index contributed by atoms with van der Waals surface area (Å²) in [5.41, 5.74) is 0. The van der Waals surface area contributed by atoms with Gasteiger partial charge in [0.1, 0.15) is 0 Å². The summed E-state index contributed by atoms with van der Waals surface area (Å²) in [6.45, 7) is 0. The van der Waals surface area contributed by atoms with Crippen LogP contribution in [0.1, 0.15) is 12.8 Å². The minimum absolute atomic E-state index is 0.0621. The van der Waals surface area contributed by atoms with Crippen molar-refractivity contribution in [3.05, 3.63) is 0 Å². The normalized spacial score (nSPS) is 16.5. The molecule has 0 N–H and O–H groups in total. The molecule has 0 aliphatic rings. The molecule has 2 unspecified atom stereocenters. The molecule has 0 saturated carbocycles. The van der Waals surface area contributed by atoms with Crippen molar-refractivity contribution < 1.29 is 0 Å². The molecular formula is C10H22Cl4Si2. The summed E-state index contributed by atoms with van der Waals surface area (Å²) in [6, 6.07) is 5.38. The van der Waals surface area contributed by atoms with Gasteiger partial charge in [0.15, 0.2) is 0 Å². The first-order valence-electron chi connectivity index (χ1n) is 6.10. The first kappa shape index (κ1) is 17.6. The summed E-state index contributed by atoms with van der Waals surface area (Å²) in [6.07, 6.45) is 1.93. The highest BCUT2D eigenvalue weighted by Crippen LogP contribution is 2.12. The van der Waals surface area contributed by atoms with Gasteiger partial charge in [0, 0.05) is 41.6 Å². The van der Waals surface area contributed by atoms with E-state index in [-0.39, 0.29) is 19.0 Å². The number of rotatable bonds is 11. The van der Waals surface area contributed by atoms with Crippen LogP contribution in [0.15, 0.2) is 0 Å². The van der Waals surface area contributed by atoms with Crippen molar-refractivity contribution in [1.29, 1.82) is 0 Å². The predicted molar refractivity (Wildman–Crippen MR) is 86.3 cm³/mol. The lowest BCUT2D eigenvalue weighted by Gasteiger charge is -2.07. The summed E-state index contributed by atoms with van der Waals surface area (Å²) in [5, 5.41) is 0.672. The zero-order valence-electron chi connectivity index (χ0n) is 9.74. The molecule has 0 amide bonds. The minimum atomic E-state index is 0.0621. The average molecular weight is 340 g/mol. The lowest BCUT2D eigenvalue weighted by molar-refractivity contribution is 0.889. The maximum Gasteiger partial charge on any atom is 0.0318 e. The fourth-order valence-corrected chi connectivity index (χ4v) is 8.37. The summed E-state index contributed by atoms with van der Waals surface area (Å²) in [5.74, 6) is 1.40. The molecule has 0 aromatic heterocycles. The monoisotopic (exact) mass is 338 g/mol. The van der Waals surface area contributed by atoms with E-state index in [4.69, 9.17) is 46.4 Å². The van der Waals surface area contributed by atoms with Gasteiger partial charge < -0.3 is 0 Å². The Bertz CT molecular complexity index is 133. The number of hydrogen-bond acceptors (Lipinski definition) is 0. The molecule has 98 valence electrons. The molecule has 2 atom stereocenters. The van der Waals surface area contributed by atoms with Crippen molar-refractivity contribution in [3.8, 4) is 0 Å². The second-order valence-electron chi connectivity index (χ2n) is 4.14. The third-order valence-corrected chi connectivity index (χ3v) is 9.88. The fourth-order valence-electron chi connectivity index (χ4n) is 1.61. The molecule has 0 heterocycles. The largest absolute Gasteiger partial charge is 0.127 e. The minimum Gasteiger partial charge on any atom is -0.127 e. The molecule has 16 heavy (non-hydrogen) atoms. The van der Waals surface area contributed by atoms with Crippen molar-refractivity contribution in [2.75, 3.05) is 11.8 Å². The van der Waals surface area contributed by atoms with E-state index >= 15 is 0 Å². The Kier molecular flexibility index (Phi) is 14.3. The van der Waals surface area contributed by atoms with Crippen LogP contribution in [0.25, 0.3) is 0 Å². The van der Waals surface area contributed by atoms with Crippen molar-refractivity contribution in [2.24, 2.45) is 0 Å². The van der Waals surface area contributed by atoms with Crippen LogP contribution in [-0.4, -0.2) is 41.6 Å². The molecule has 0 aromatic rings. The summed E-state index contributed by atoms with van der Waals surface area (Å²) in [4.78, 5) is 0. The van der Waals surface area contributed by atoms with E-state index in [0.29, 0.717) is 22.5 Å². The Balaban J connectivity index is 3.15.